The van der Waals surface area contributed by atoms with Gasteiger partial charge in [0, 0.05) is 23.8 Å². The number of nitrogens with zero attached hydrogens (tertiary/aromatic N) is 4. The molecule has 0 fully saturated rings. The van der Waals surface area contributed by atoms with Crippen molar-refractivity contribution in [3.8, 4) is 5.75 Å². The van der Waals surface area contributed by atoms with Gasteiger partial charge in [0.1, 0.15) is 17.6 Å². The van der Waals surface area contributed by atoms with Crippen LogP contribution in [0.2, 0.25) is 0 Å². The highest BCUT2D eigenvalue weighted by molar-refractivity contribution is 5.86. The molecule has 0 spiro atoms. The molecule has 0 amide bonds. The summed E-state index contributed by atoms with van der Waals surface area (Å²) in [5.74, 6) is 2.19. The standard InChI is InChI=1S/C23H21N7O/c1-31-18-7-4-15(5-8-18)10-12-25-21-20-22(27-14-26-21)30-23(29-20)28-17-6-9-19-16(13-17)3-2-11-24-19/h2-9,11,13-14H,10,12H2,1H3,(H3,25,26,27,28,29,30). The van der Waals surface area contributed by atoms with Crippen LogP contribution in [-0.4, -0.2) is 38.6 Å². The van der Waals surface area contributed by atoms with E-state index in [-0.39, 0.29) is 0 Å². The van der Waals surface area contributed by atoms with Crippen molar-refractivity contribution in [3.63, 3.8) is 0 Å². The summed E-state index contributed by atoms with van der Waals surface area (Å²) in [6.45, 7) is 0.734. The average molecular weight is 411 g/mol. The molecule has 0 aliphatic heterocycles. The van der Waals surface area contributed by atoms with Crippen molar-refractivity contribution in [1.82, 2.24) is 24.9 Å². The van der Waals surface area contributed by atoms with Crippen LogP contribution >= 0.6 is 0 Å². The van der Waals surface area contributed by atoms with Gasteiger partial charge >= 0.3 is 0 Å². The van der Waals surface area contributed by atoms with Gasteiger partial charge in [-0.25, -0.2) is 9.97 Å². The summed E-state index contributed by atoms with van der Waals surface area (Å²) in [7, 11) is 1.67. The molecule has 0 aliphatic rings. The molecule has 0 aliphatic carbocycles. The van der Waals surface area contributed by atoms with Crippen molar-refractivity contribution in [2.24, 2.45) is 0 Å². The molecule has 31 heavy (non-hydrogen) atoms. The molecule has 154 valence electrons. The third-order valence-electron chi connectivity index (χ3n) is 5.02. The van der Waals surface area contributed by atoms with Crippen molar-refractivity contribution in [3.05, 3.63) is 72.7 Å². The van der Waals surface area contributed by atoms with Gasteiger partial charge in [-0.3, -0.25) is 4.98 Å². The first-order chi connectivity index (χ1) is 15.3. The minimum Gasteiger partial charge on any atom is -0.497 e. The number of benzene rings is 2. The smallest absolute Gasteiger partial charge is 0.207 e. The maximum absolute atomic E-state index is 5.20. The predicted molar refractivity (Wildman–Crippen MR) is 122 cm³/mol. The van der Waals surface area contributed by atoms with E-state index >= 15 is 0 Å². The van der Waals surface area contributed by atoms with Gasteiger partial charge < -0.3 is 20.4 Å². The number of methoxy groups -OCH3 is 1. The van der Waals surface area contributed by atoms with E-state index in [1.807, 2.05) is 42.5 Å². The zero-order valence-electron chi connectivity index (χ0n) is 17.0. The van der Waals surface area contributed by atoms with Gasteiger partial charge in [0.05, 0.1) is 12.6 Å². The van der Waals surface area contributed by atoms with Crippen LogP contribution in [0.5, 0.6) is 5.75 Å². The summed E-state index contributed by atoms with van der Waals surface area (Å²) in [4.78, 5) is 20.8. The molecular weight excluding hydrogens is 390 g/mol. The van der Waals surface area contributed by atoms with Crippen molar-refractivity contribution < 1.29 is 4.74 Å². The highest BCUT2D eigenvalue weighted by Crippen LogP contribution is 2.23. The second kappa shape index (κ2) is 8.27. The lowest BCUT2D eigenvalue weighted by molar-refractivity contribution is 0.414. The van der Waals surface area contributed by atoms with Crippen molar-refractivity contribution in [2.75, 3.05) is 24.3 Å². The molecule has 0 unspecified atom stereocenters. The fraction of sp³-hybridized carbons (Fsp3) is 0.130. The Balaban J connectivity index is 1.30. The maximum atomic E-state index is 5.20. The zero-order chi connectivity index (χ0) is 21.0. The lowest BCUT2D eigenvalue weighted by Gasteiger charge is -2.07. The van der Waals surface area contributed by atoms with E-state index < -0.39 is 0 Å². The number of aromatic amines is 1. The molecule has 5 rings (SSSR count). The fourth-order valence-corrected chi connectivity index (χ4v) is 3.43. The molecule has 3 N–H and O–H groups in total. The Morgan fingerprint density at radius 3 is 2.77 bits per heavy atom. The molecule has 0 radical (unpaired) electrons. The molecule has 3 heterocycles. The summed E-state index contributed by atoms with van der Waals surface area (Å²) in [5, 5.41) is 7.74. The Bertz CT molecular complexity index is 1330. The minimum absolute atomic E-state index is 0.604. The monoisotopic (exact) mass is 411 g/mol. The molecule has 0 bridgehead atoms. The summed E-state index contributed by atoms with van der Waals surface area (Å²) >= 11 is 0. The summed E-state index contributed by atoms with van der Waals surface area (Å²) < 4.78 is 5.20. The van der Waals surface area contributed by atoms with Crippen molar-refractivity contribution >= 4 is 39.5 Å². The largest absolute Gasteiger partial charge is 0.497 e. The third-order valence-corrected chi connectivity index (χ3v) is 5.02. The quantitative estimate of drug-likeness (QED) is 0.367. The molecule has 5 aromatic rings. The Morgan fingerprint density at radius 2 is 1.90 bits per heavy atom. The Morgan fingerprint density at radius 1 is 1.00 bits per heavy atom. The Kier molecular flexibility index (Phi) is 5.02. The number of ether oxygens (including phenoxy) is 1. The van der Waals surface area contributed by atoms with E-state index in [1.54, 1.807) is 13.3 Å². The normalized spacial score (nSPS) is 11.0. The SMILES string of the molecule is COc1ccc(CCNc2ncnc3nc(Nc4ccc5ncccc5c4)[nH]c23)cc1. The first-order valence-electron chi connectivity index (χ1n) is 9.98. The number of H-pyrrole nitrogens is 1. The summed E-state index contributed by atoms with van der Waals surface area (Å²) in [5.41, 5.74) is 4.46. The molecule has 8 heteroatoms. The van der Waals surface area contributed by atoms with Crippen LogP contribution in [0.15, 0.2) is 67.1 Å². The van der Waals surface area contributed by atoms with E-state index in [9.17, 15) is 0 Å². The lowest BCUT2D eigenvalue weighted by Crippen LogP contribution is -2.07. The number of aromatic nitrogens is 5. The van der Waals surface area contributed by atoms with E-state index in [1.165, 1.54) is 11.9 Å². The first kappa shape index (κ1) is 18.8. The topological polar surface area (TPSA) is 101 Å². The molecule has 0 saturated carbocycles. The molecule has 2 aromatic carbocycles. The number of imidazole rings is 1. The molecule has 8 nitrogen and oxygen atoms in total. The minimum atomic E-state index is 0.604. The fourth-order valence-electron chi connectivity index (χ4n) is 3.43. The number of rotatable bonds is 7. The van der Waals surface area contributed by atoms with Gasteiger partial charge in [0.25, 0.3) is 0 Å². The summed E-state index contributed by atoms with van der Waals surface area (Å²) in [6, 6.07) is 18.0. The van der Waals surface area contributed by atoms with Crippen LogP contribution in [0.4, 0.5) is 17.5 Å². The number of pyridine rings is 1. The number of hydrogen-bond acceptors (Lipinski definition) is 7. The van der Waals surface area contributed by atoms with E-state index in [0.717, 1.165) is 46.6 Å². The third kappa shape index (κ3) is 4.09. The molecule has 0 saturated heterocycles. The van der Waals surface area contributed by atoms with E-state index in [2.05, 4.69) is 47.7 Å². The van der Waals surface area contributed by atoms with E-state index in [4.69, 9.17) is 4.74 Å². The second-order valence-electron chi connectivity index (χ2n) is 7.07. The van der Waals surface area contributed by atoms with E-state index in [0.29, 0.717) is 11.6 Å². The Labute approximate surface area is 178 Å². The van der Waals surface area contributed by atoms with Crippen molar-refractivity contribution in [1.29, 1.82) is 0 Å². The van der Waals surface area contributed by atoms with Crippen LogP contribution < -0.4 is 15.4 Å². The second-order valence-corrected chi connectivity index (χ2v) is 7.07. The lowest BCUT2D eigenvalue weighted by atomic mass is 10.1. The van der Waals surface area contributed by atoms with Crippen LogP contribution in [0.25, 0.3) is 22.1 Å². The maximum Gasteiger partial charge on any atom is 0.207 e. The van der Waals surface area contributed by atoms with Gasteiger partial charge in [-0.2, -0.15) is 4.98 Å². The van der Waals surface area contributed by atoms with Crippen LogP contribution in [0.3, 0.4) is 0 Å². The zero-order valence-corrected chi connectivity index (χ0v) is 17.0. The molecular formula is C23H21N7O. The molecule has 3 aromatic heterocycles. The first-order valence-corrected chi connectivity index (χ1v) is 9.98. The predicted octanol–water partition coefficient (Wildman–Crippen LogP) is 4.31. The van der Waals surface area contributed by atoms with Gasteiger partial charge in [0.2, 0.25) is 5.95 Å². The van der Waals surface area contributed by atoms with Crippen LogP contribution in [0, 0.1) is 0 Å². The highest BCUT2D eigenvalue weighted by Gasteiger charge is 2.10. The van der Waals surface area contributed by atoms with Gasteiger partial charge in [-0.15, -0.1) is 0 Å². The number of nitrogens with one attached hydrogen (secondary N) is 3. The Hall–Kier alpha value is -4.20. The average Bonchev–Trinajstić information content (AvgIpc) is 3.23. The summed E-state index contributed by atoms with van der Waals surface area (Å²) in [6.07, 6.45) is 4.17. The number of anilines is 3. The number of fused-ring (bicyclic) bond motifs is 2. The molecule has 0 atom stereocenters. The van der Waals surface area contributed by atoms with Crippen molar-refractivity contribution in [2.45, 2.75) is 6.42 Å². The highest BCUT2D eigenvalue weighted by atomic mass is 16.5. The van der Waals surface area contributed by atoms with Crippen LogP contribution in [0.1, 0.15) is 5.56 Å². The van der Waals surface area contributed by atoms with Gasteiger partial charge in [-0.05, 0) is 48.4 Å². The van der Waals surface area contributed by atoms with Gasteiger partial charge in [0.15, 0.2) is 11.5 Å². The number of hydrogen-bond donors (Lipinski definition) is 3. The van der Waals surface area contributed by atoms with Gasteiger partial charge in [-0.1, -0.05) is 18.2 Å². The van der Waals surface area contributed by atoms with Crippen LogP contribution in [-0.2, 0) is 6.42 Å².